The molecule has 0 bridgehead atoms. The molecule has 3 N–H and O–H groups in total. The van der Waals surface area contributed by atoms with Gasteiger partial charge in [-0.3, -0.25) is 10.1 Å². The molecule has 0 amide bonds. The third-order valence-corrected chi connectivity index (χ3v) is 2.62. The first-order valence-electron chi connectivity index (χ1n) is 5.44. The smallest absolute Gasteiger partial charge is 0.313 e. The summed E-state index contributed by atoms with van der Waals surface area (Å²) in [4.78, 5) is 18.1. The number of ether oxygens (including phenoxy) is 1. The van der Waals surface area contributed by atoms with Gasteiger partial charge in [-0.25, -0.2) is 0 Å². The van der Waals surface area contributed by atoms with Gasteiger partial charge in [-0.05, 0) is 6.07 Å². The van der Waals surface area contributed by atoms with Crippen molar-refractivity contribution in [1.82, 2.24) is 9.97 Å². The summed E-state index contributed by atoms with van der Waals surface area (Å²) in [6.07, 6.45) is 0. The molecule has 0 aliphatic heterocycles. The number of nitrogens with one attached hydrogen (secondary N) is 1. The Hall–Kier alpha value is -2.61. The largest absolute Gasteiger partial charge is 0.430 e. The Morgan fingerprint density at radius 2 is 2.20 bits per heavy atom. The summed E-state index contributed by atoms with van der Waals surface area (Å²) in [5, 5.41) is 13.8. The van der Waals surface area contributed by atoms with Crippen LogP contribution in [0.4, 0.5) is 17.5 Å². The molecule has 2 aromatic rings. The lowest BCUT2D eigenvalue weighted by Gasteiger charge is -2.08. The number of hydrogen-bond acceptors (Lipinski definition) is 7. The molecule has 0 unspecified atom stereocenters. The summed E-state index contributed by atoms with van der Waals surface area (Å²) >= 11 is 5.92. The Morgan fingerprint density at radius 1 is 1.45 bits per heavy atom. The van der Waals surface area contributed by atoms with Crippen LogP contribution >= 0.6 is 11.6 Å². The van der Waals surface area contributed by atoms with Crippen molar-refractivity contribution in [1.29, 1.82) is 0 Å². The molecular weight excluding hydrogens is 286 g/mol. The number of hydrogen-bond donors (Lipinski definition) is 2. The van der Waals surface area contributed by atoms with Crippen LogP contribution in [0.2, 0.25) is 5.02 Å². The maximum absolute atomic E-state index is 11.0. The molecule has 1 aromatic carbocycles. The molecule has 0 radical (unpaired) electrons. The first-order chi connectivity index (χ1) is 9.51. The zero-order valence-electron chi connectivity index (χ0n) is 10.3. The summed E-state index contributed by atoms with van der Waals surface area (Å²) in [6.45, 7) is 0. The summed E-state index contributed by atoms with van der Waals surface area (Å²) in [6, 6.07) is 5.67. The second-order valence-electron chi connectivity index (χ2n) is 3.65. The number of aromatic nitrogens is 2. The average Bonchev–Trinajstić information content (AvgIpc) is 2.40. The molecular formula is C11H10ClN5O3. The minimum Gasteiger partial charge on any atom is -0.430 e. The molecule has 0 aliphatic rings. The second-order valence-corrected chi connectivity index (χ2v) is 4.05. The number of halogens is 1. The van der Waals surface area contributed by atoms with Crippen LogP contribution < -0.4 is 15.8 Å². The Labute approximate surface area is 118 Å². The number of benzene rings is 1. The lowest BCUT2D eigenvalue weighted by atomic mass is 10.3. The molecule has 0 fully saturated rings. The molecule has 0 spiro atoms. The lowest BCUT2D eigenvalue weighted by molar-refractivity contribution is -0.385. The molecule has 0 aliphatic carbocycles. The number of nitro groups is 1. The molecule has 8 nitrogen and oxygen atoms in total. The highest BCUT2D eigenvalue weighted by atomic mass is 35.5. The van der Waals surface area contributed by atoms with E-state index < -0.39 is 4.92 Å². The van der Waals surface area contributed by atoms with E-state index in [4.69, 9.17) is 22.1 Å². The first kappa shape index (κ1) is 13.8. The van der Waals surface area contributed by atoms with Gasteiger partial charge in [0, 0.05) is 19.2 Å². The number of nitrogens with zero attached hydrogens (tertiary/aromatic N) is 3. The van der Waals surface area contributed by atoms with Gasteiger partial charge < -0.3 is 15.8 Å². The standard InChI is InChI=1S/C11H10ClN5O3/c1-14-8-5-9(16-11(13)15-8)20-10-6(12)3-2-4-7(10)17(18)19/h2-5H,1H3,(H3,13,14,15,16). The lowest BCUT2D eigenvalue weighted by Crippen LogP contribution is -2.02. The Bertz CT molecular complexity index is 665. The van der Waals surface area contributed by atoms with Crippen LogP contribution in [0.1, 0.15) is 0 Å². The van der Waals surface area contributed by atoms with Gasteiger partial charge >= 0.3 is 5.69 Å². The molecule has 2 rings (SSSR count). The van der Waals surface area contributed by atoms with Crippen LogP contribution in [0, 0.1) is 10.1 Å². The maximum atomic E-state index is 11.0. The normalized spacial score (nSPS) is 10.1. The molecule has 1 heterocycles. The number of nitrogens with two attached hydrogens (primary N) is 1. The van der Waals surface area contributed by atoms with Gasteiger partial charge in [0.1, 0.15) is 5.82 Å². The van der Waals surface area contributed by atoms with E-state index in [2.05, 4.69) is 15.3 Å². The highest BCUT2D eigenvalue weighted by molar-refractivity contribution is 6.32. The summed E-state index contributed by atoms with van der Waals surface area (Å²) < 4.78 is 5.38. The third kappa shape index (κ3) is 2.86. The number of nitro benzene ring substituents is 1. The van der Waals surface area contributed by atoms with Crippen molar-refractivity contribution in [3.05, 3.63) is 39.4 Å². The molecule has 20 heavy (non-hydrogen) atoms. The second kappa shape index (κ2) is 5.57. The van der Waals surface area contributed by atoms with Crippen LogP contribution in [0.25, 0.3) is 0 Å². The fourth-order valence-electron chi connectivity index (χ4n) is 1.47. The molecule has 9 heteroatoms. The Balaban J connectivity index is 2.44. The predicted molar refractivity (Wildman–Crippen MR) is 74.2 cm³/mol. The van der Waals surface area contributed by atoms with E-state index >= 15 is 0 Å². The van der Waals surface area contributed by atoms with E-state index in [1.54, 1.807) is 7.05 Å². The maximum Gasteiger partial charge on any atom is 0.313 e. The highest BCUT2D eigenvalue weighted by Gasteiger charge is 2.20. The molecule has 0 saturated carbocycles. The van der Waals surface area contributed by atoms with Gasteiger partial charge in [0.15, 0.2) is 0 Å². The minimum absolute atomic E-state index is 0.0263. The predicted octanol–water partition coefficient (Wildman–Crippen LogP) is 2.45. The first-order valence-corrected chi connectivity index (χ1v) is 5.82. The van der Waals surface area contributed by atoms with E-state index in [0.29, 0.717) is 5.82 Å². The van der Waals surface area contributed by atoms with Gasteiger partial charge in [-0.15, -0.1) is 0 Å². The molecule has 0 atom stereocenters. The van der Waals surface area contributed by atoms with E-state index in [9.17, 15) is 10.1 Å². The monoisotopic (exact) mass is 295 g/mol. The zero-order chi connectivity index (χ0) is 14.7. The van der Waals surface area contributed by atoms with Gasteiger partial charge in [0.25, 0.3) is 0 Å². The van der Waals surface area contributed by atoms with Gasteiger partial charge in [0.2, 0.25) is 17.6 Å². The van der Waals surface area contributed by atoms with Gasteiger partial charge in [-0.2, -0.15) is 9.97 Å². The van der Waals surface area contributed by atoms with Crippen LogP contribution in [-0.2, 0) is 0 Å². The number of para-hydroxylation sites is 1. The van der Waals surface area contributed by atoms with E-state index in [1.165, 1.54) is 24.3 Å². The van der Waals surface area contributed by atoms with Crippen LogP contribution in [0.5, 0.6) is 11.6 Å². The van der Waals surface area contributed by atoms with E-state index in [-0.39, 0.29) is 28.3 Å². The fraction of sp³-hybridized carbons (Fsp3) is 0.0909. The Morgan fingerprint density at radius 3 is 2.85 bits per heavy atom. The van der Waals surface area contributed by atoms with Crippen LogP contribution in [0.15, 0.2) is 24.3 Å². The molecule has 104 valence electrons. The fourth-order valence-corrected chi connectivity index (χ4v) is 1.68. The number of anilines is 2. The van der Waals surface area contributed by atoms with Crippen molar-refractivity contribution in [2.24, 2.45) is 0 Å². The summed E-state index contributed by atoms with van der Waals surface area (Å²) in [7, 11) is 1.64. The van der Waals surface area contributed by atoms with Crippen molar-refractivity contribution < 1.29 is 9.66 Å². The summed E-state index contributed by atoms with van der Waals surface area (Å²) in [5.41, 5.74) is 5.25. The SMILES string of the molecule is CNc1cc(Oc2c(Cl)cccc2[N+](=O)[O-])nc(N)n1. The van der Waals surface area contributed by atoms with Crippen molar-refractivity contribution in [3.8, 4) is 11.6 Å². The number of rotatable bonds is 4. The van der Waals surface area contributed by atoms with Crippen LogP contribution in [0.3, 0.4) is 0 Å². The highest BCUT2D eigenvalue weighted by Crippen LogP contribution is 2.37. The quantitative estimate of drug-likeness (QED) is 0.657. The minimum atomic E-state index is -0.593. The topological polar surface area (TPSA) is 116 Å². The van der Waals surface area contributed by atoms with E-state index in [1.807, 2.05) is 0 Å². The van der Waals surface area contributed by atoms with Crippen molar-refractivity contribution in [2.45, 2.75) is 0 Å². The average molecular weight is 296 g/mol. The summed E-state index contributed by atoms with van der Waals surface area (Å²) in [5.74, 6) is 0.348. The van der Waals surface area contributed by atoms with Crippen molar-refractivity contribution >= 4 is 29.1 Å². The van der Waals surface area contributed by atoms with Gasteiger partial charge in [-0.1, -0.05) is 17.7 Å². The molecule has 1 aromatic heterocycles. The van der Waals surface area contributed by atoms with Gasteiger partial charge in [0.05, 0.1) is 9.95 Å². The van der Waals surface area contributed by atoms with Crippen molar-refractivity contribution in [3.63, 3.8) is 0 Å². The number of nitrogen functional groups attached to an aromatic ring is 1. The van der Waals surface area contributed by atoms with Crippen molar-refractivity contribution in [2.75, 3.05) is 18.1 Å². The van der Waals surface area contributed by atoms with Crippen LogP contribution in [-0.4, -0.2) is 21.9 Å². The zero-order valence-corrected chi connectivity index (χ0v) is 11.1. The third-order valence-electron chi connectivity index (χ3n) is 2.33. The molecule has 0 saturated heterocycles. The Kier molecular flexibility index (Phi) is 3.85. The van der Waals surface area contributed by atoms with E-state index in [0.717, 1.165) is 0 Å².